The number of imide groups is 2. The first kappa shape index (κ1) is 20.4. The van der Waals surface area contributed by atoms with Crippen molar-refractivity contribution in [3.8, 4) is 17.2 Å². The van der Waals surface area contributed by atoms with Crippen molar-refractivity contribution in [1.82, 2.24) is 5.32 Å². The Hall–Kier alpha value is -3.33. The second-order valence-corrected chi connectivity index (χ2v) is 7.02. The number of nitrogens with one attached hydrogen (secondary N) is 1. The SMILES string of the molecule is COc1cc(C=C2C(=O)NC(=O)N(c3ccc(Br)c(C)c3)C2=O)cc(OC)c1O. The van der Waals surface area contributed by atoms with Gasteiger partial charge in [-0.2, -0.15) is 0 Å². The third-order valence-corrected chi connectivity index (χ3v) is 5.20. The van der Waals surface area contributed by atoms with E-state index in [2.05, 4.69) is 21.2 Å². The summed E-state index contributed by atoms with van der Waals surface area (Å²) in [6, 6.07) is 7.00. The van der Waals surface area contributed by atoms with Gasteiger partial charge < -0.3 is 14.6 Å². The summed E-state index contributed by atoms with van der Waals surface area (Å²) in [5.41, 5.74) is 1.27. The minimum Gasteiger partial charge on any atom is -0.502 e. The Labute approximate surface area is 174 Å². The Morgan fingerprint density at radius 3 is 2.24 bits per heavy atom. The summed E-state index contributed by atoms with van der Waals surface area (Å²) in [6.45, 7) is 1.82. The molecule has 0 bridgehead atoms. The summed E-state index contributed by atoms with van der Waals surface area (Å²) >= 11 is 3.37. The van der Waals surface area contributed by atoms with Gasteiger partial charge in [0.25, 0.3) is 11.8 Å². The Morgan fingerprint density at radius 2 is 1.69 bits per heavy atom. The fourth-order valence-corrected chi connectivity index (χ4v) is 3.07. The number of rotatable bonds is 4. The van der Waals surface area contributed by atoms with Crippen LogP contribution in [0.1, 0.15) is 11.1 Å². The van der Waals surface area contributed by atoms with Gasteiger partial charge in [0.05, 0.1) is 19.9 Å². The molecule has 0 unspecified atom stereocenters. The molecule has 0 aliphatic carbocycles. The van der Waals surface area contributed by atoms with Gasteiger partial charge >= 0.3 is 6.03 Å². The topological polar surface area (TPSA) is 105 Å². The maximum absolute atomic E-state index is 13.0. The fraction of sp³-hybridized carbons (Fsp3) is 0.150. The zero-order chi connectivity index (χ0) is 21.3. The summed E-state index contributed by atoms with van der Waals surface area (Å²) in [5.74, 6) is -1.59. The first-order valence-corrected chi connectivity index (χ1v) is 9.18. The van der Waals surface area contributed by atoms with E-state index >= 15 is 0 Å². The normalized spacial score (nSPS) is 15.5. The van der Waals surface area contributed by atoms with Crippen molar-refractivity contribution < 1.29 is 29.0 Å². The molecule has 0 aromatic heterocycles. The molecule has 1 saturated heterocycles. The van der Waals surface area contributed by atoms with Crippen molar-refractivity contribution in [1.29, 1.82) is 0 Å². The molecular formula is C20H17BrN2O6. The molecule has 2 N–H and O–H groups in total. The van der Waals surface area contributed by atoms with Crippen molar-refractivity contribution >= 4 is 45.5 Å². The van der Waals surface area contributed by atoms with E-state index in [4.69, 9.17) is 9.47 Å². The molecule has 0 spiro atoms. The minimum absolute atomic E-state index is 0.108. The highest BCUT2D eigenvalue weighted by atomic mass is 79.9. The zero-order valence-corrected chi connectivity index (χ0v) is 17.4. The Balaban J connectivity index is 2.07. The number of carbonyl (C=O) groups is 3. The van der Waals surface area contributed by atoms with Gasteiger partial charge in [0.1, 0.15) is 5.57 Å². The number of hydrogen-bond acceptors (Lipinski definition) is 6. The molecule has 3 rings (SSSR count). The molecule has 2 aromatic rings. The van der Waals surface area contributed by atoms with Crippen LogP contribution in [0.4, 0.5) is 10.5 Å². The third kappa shape index (κ3) is 3.81. The average molecular weight is 461 g/mol. The standard InChI is InChI=1S/C20H17BrN2O6/c1-10-6-12(4-5-14(10)21)23-19(26)13(18(25)22-20(23)27)7-11-8-15(28-2)17(24)16(9-11)29-3/h4-9,24H,1-3H3,(H,22,25,27). The number of benzene rings is 2. The monoisotopic (exact) mass is 460 g/mol. The molecule has 0 radical (unpaired) electrons. The van der Waals surface area contributed by atoms with Crippen LogP contribution >= 0.6 is 15.9 Å². The predicted molar refractivity (Wildman–Crippen MR) is 109 cm³/mol. The van der Waals surface area contributed by atoms with Gasteiger partial charge in [0.2, 0.25) is 5.75 Å². The summed E-state index contributed by atoms with van der Waals surface area (Å²) in [6.07, 6.45) is 1.30. The van der Waals surface area contributed by atoms with E-state index in [0.29, 0.717) is 11.3 Å². The van der Waals surface area contributed by atoms with Crippen molar-refractivity contribution in [3.63, 3.8) is 0 Å². The lowest BCUT2D eigenvalue weighted by Crippen LogP contribution is -2.54. The first-order valence-electron chi connectivity index (χ1n) is 8.39. The van der Waals surface area contributed by atoms with Crippen LogP contribution in [0.3, 0.4) is 0 Å². The number of carbonyl (C=O) groups excluding carboxylic acids is 3. The van der Waals surface area contributed by atoms with Gasteiger partial charge in [0.15, 0.2) is 11.5 Å². The molecule has 1 aliphatic rings. The van der Waals surface area contributed by atoms with Crippen LogP contribution in [0, 0.1) is 6.92 Å². The van der Waals surface area contributed by atoms with E-state index in [1.807, 2.05) is 6.92 Å². The van der Waals surface area contributed by atoms with Crippen LogP contribution < -0.4 is 19.7 Å². The third-order valence-electron chi connectivity index (χ3n) is 4.31. The molecular weight excluding hydrogens is 444 g/mol. The molecule has 150 valence electrons. The van der Waals surface area contributed by atoms with Gasteiger partial charge in [-0.15, -0.1) is 0 Å². The maximum Gasteiger partial charge on any atom is 0.335 e. The van der Waals surface area contributed by atoms with Crippen LogP contribution in [0.5, 0.6) is 17.2 Å². The molecule has 1 heterocycles. The van der Waals surface area contributed by atoms with E-state index in [1.165, 1.54) is 32.4 Å². The number of ether oxygens (including phenoxy) is 2. The number of aromatic hydroxyl groups is 1. The van der Waals surface area contributed by atoms with E-state index in [-0.39, 0.29) is 22.8 Å². The molecule has 1 fully saturated rings. The van der Waals surface area contributed by atoms with Crippen molar-refractivity contribution in [3.05, 3.63) is 51.5 Å². The Bertz CT molecular complexity index is 1040. The maximum atomic E-state index is 13.0. The molecule has 29 heavy (non-hydrogen) atoms. The van der Waals surface area contributed by atoms with Crippen LogP contribution in [-0.4, -0.2) is 37.2 Å². The highest BCUT2D eigenvalue weighted by Crippen LogP contribution is 2.38. The number of hydrogen-bond donors (Lipinski definition) is 2. The molecule has 4 amide bonds. The summed E-state index contributed by atoms with van der Waals surface area (Å²) in [5, 5.41) is 12.2. The van der Waals surface area contributed by atoms with Gasteiger partial charge in [0, 0.05) is 4.47 Å². The largest absolute Gasteiger partial charge is 0.502 e. The molecule has 1 aliphatic heterocycles. The fourth-order valence-electron chi connectivity index (χ4n) is 2.82. The van der Waals surface area contributed by atoms with E-state index < -0.39 is 17.8 Å². The van der Waals surface area contributed by atoms with Gasteiger partial charge in [-0.05, 0) is 54.5 Å². The Kier molecular flexibility index (Phi) is 5.60. The molecule has 0 atom stereocenters. The van der Waals surface area contributed by atoms with Gasteiger partial charge in [-0.1, -0.05) is 15.9 Å². The number of anilines is 1. The van der Waals surface area contributed by atoms with E-state index in [0.717, 1.165) is 14.9 Å². The summed E-state index contributed by atoms with van der Waals surface area (Å²) in [4.78, 5) is 38.5. The van der Waals surface area contributed by atoms with Crippen LogP contribution in [0.15, 0.2) is 40.4 Å². The number of halogens is 1. The number of barbiturate groups is 1. The van der Waals surface area contributed by atoms with Crippen LogP contribution in [0.2, 0.25) is 0 Å². The lowest BCUT2D eigenvalue weighted by atomic mass is 10.1. The summed E-state index contributed by atoms with van der Waals surface area (Å²) in [7, 11) is 2.72. The number of urea groups is 1. The highest BCUT2D eigenvalue weighted by molar-refractivity contribution is 9.10. The van der Waals surface area contributed by atoms with E-state index in [1.54, 1.807) is 18.2 Å². The summed E-state index contributed by atoms with van der Waals surface area (Å²) < 4.78 is 11.0. The number of aryl methyl sites for hydroxylation is 1. The molecule has 9 heteroatoms. The number of methoxy groups -OCH3 is 2. The Morgan fingerprint density at radius 1 is 1.07 bits per heavy atom. The first-order chi connectivity index (χ1) is 13.8. The number of phenols is 1. The number of amides is 4. The van der Waals surface area contributed by atoms with Crippen LogP contribution in [-0.2, 0) is 9.59 Å². The second-order valence-electron chi connectivity index (χ2n) is 6.17. The highest BCUT2D eigenvalue weighted by Gasteiger charge is 2.37. The quantitative estimate of drug-likeness (QED) is 0.536. The molecule has 2 aromatic carbocycles. The zero-order valence-electron chi connectivity index (χ0n) is 15.8. The smallest absolute Gasteiger partial charge is 0.335 e. The number of nitrogens with zero attached hydrogens (tertiary/aromatic N) is 1. The minimum atomic E-state index is -0.834. The number of phenolic OH excluding ortho intramolecular Hbond substituents is 1. The molecule has 8 nitrogen and oxygen atoms in total. The van der Waals surface area contributed by atoms with Gasteiger partial charge in [-0.25, -0.2) is 9.69 Å². The molecule has 0 saturated carbocycles. The predicted octanol–water partition coefficient (Wildman–Crippen LogP) is 3.15. The lowest BCUT2D eigenvalue weighted by Gasteiger charge is -2.26. The second kappa shape index (κ2) is 7.96. The lowest BCUT2D eigenvalue weighted by molar-refractivity contribution is -0.122. The van der Waals surface area contributed by atoms with Crippen molar-refractivity contribution in [2.45, 2.75) is 6.92 Å². The van der Waals surface area contributed by atoms with Crippen LogP contribution in [0.25, 0.3) is 6.08 Å². The van der Waals surface area contributed by atoms with Gasteiger partial charge in [-0.3, -0.25) is 14.9 Å². The van der Waals surface area contributed by atoms with Crippen molar-refractivity contribution in [2.24, 2.45) is 0 Å². The van der Waals surface area contributed by atoms with Crippen molar-refractivity contribution in [2.75, 3.05) is 19.1 Å². The average Bonchev–Trinajstić information content (AvgIpc) is 2.68. The van der Waals surface area contributed by atoms with E-state index in [9.17, 15) is 19.5 Å².